The van der Waals surface area contributed by atoms with Crippen LogP contribution in [0.25, 0.3) is 0 Å². The standard InChI is InChI=1S/C27H28Br2N2O3/c1-2-15-30-27(33)25(17-20-7-4-3-5-8-20)31(18-21-9-6-10-23(29)16-21)26(32)19-34-24-13-11-22(28)12-14-24/h3-14,16,25H,2,15,17-19H2,1H3,(H,30,33)/t25-/m1/s1. The highest BCUT2D eigenvalue weighted by Crippen LogP contribution is 2.19. The van der Waals surface area contributed by atoms with Crippen LogP contribution in [0, 0.1) is 0 Å². The number of hydrogen-bond acceptors (Lipinski definition) is 3. The lowest BCUT2D eigenvalue weighted by molar-refractivity contribution is -0.142. The average molecular weight is 588 g/mol. The maximum absolute atomic E-state index is 13.5. The monoisotopic (exact) mass is 586 g/mol. The van der Waals surface area contributed by atoms with E-state index in [0.717, 1.165) is 26.5 Å². The van der Waals surface area contributed by atoms with Gasteiger partial charge < -0.3 is 15.0 Å². The van der Waals surface area contributed by atoms with Crippen LogP contribution in [-0.2, 0) is 22.6 Å². The van der Waals surface area contributed by atoms with E-state index in [-0.39, 0.29) is 18.4 Å². The van der Waals surface area contributed by atoms with E-state index in [4.69, 9.17) is 4.74 Å². The number of rotatable bonds is 11. The summed E-state index contributed by atoms with van der Waals surface area (Å²) in [6.45, 7) is 2.68. The molecule has 0 unspecified atom stereocenters. The van der Waals surface area contributed by atoms with Crippen molar-refractivity contribution in [3.8, 4) is 5.75 Å². The minimum Gasteiger partial charge on any atom is -0.484 e. The fourth-order valence-corrected chi connectivity index (χ4v) is 4.22. The highest BCUT2D eigenvalue weighted by molar-refractivity contribution is 9.10. The van der Waals surface area contributed by atoms with E-state index in [1.165, 1.54) is 0 Å². The summed E-state index contributed by atoms with van der Waals surface area (Å²) in [5, 5.41) is 2.98. The smallest absolute Gasteiger partial charge is 0.261 e. The van der Waals surface area contributed by atoms with Crippen LogP contribution >= 0.6 is 31.9 Å². The Morgan fingerprint density at radius 3 is 2.29 bits per heavy atom. The fraction of sp³-hybridized carbons (Fsp3) is 0.259. The highest BCUT2D eigenvalue weighted by atomic mass is 79.9. The van der Waals surface area contributed by atoms with Gasteiger partial charge in [-0.15, -0.1) is 0 Å². The van der Waals surface area contributed by atoms with Gasteiger partial charge in [-0.05, 0) is 53.9 Å². The largest absolute Gasteiger partial charge is 0.484 e. The average Bonchev–Trinajstić information content (AvgIpc) is 2.85. The van der Waals surface area contributed by atoms with E-state index in [1.807, 2.05) is 73.7 Å². The maximum Gasteiger partial charge on any atom is 0.261 e. The second-order valence-corrected chi connectivity index (χ2v) is 9.72. The van der Waals surface area contributed by atoms with Crippen molar-refractivity contribution in [1.82, 2.24) is 10.2 Å². The van der Waals surface area contributed by atoms with Crippen molar-refractivity contribution >= 4 is 43.7 Å². The number of carbonyl (C=O) groups excluding carboxylic acids is 2. The summed E-state index contributed by atoms with van der Waals surface area (Å²) < 4.78 is 7.62. The van der Waals surface area contributed by atoms with Crippen LogP contribution in [0.1, 0.15) is 24.5 Å². The molecule has 7 heteroatoms. The minimum atomic E-state index is -0.672. The summed E-state index contributed by atoms with van der Waals surface area (Å²) in [6, 6.07) is 24.2. The van der Waals surface area contributed by atoms with Crippen LogP contribution in [0.2, 0.25) is 0 Å². The molecule has 1 N–H and O–H groups in total. The number of hydrogen-bond donors (Lipinski definition) is 1. The number of amides is 2. The molecular weight excluding hydrogens is 560 g/mol. The number of halogens is 2. The molecule has 2 amide bonds. The zero-order valence-electron chi connectivity index (χ0n) is 19.0. The zero-order valence-corrected chi connectivity index (χ0v) is 22.2. The molecular formula is C27H28Br2N2O3. The molecule has 5 nitrogen and oxygen atoms in total. The van der Waals surface area contributed by atoms with Crippen molar-refractivity contribution in [2.24, 2.45) is 0 Å². The number of carbonyl (C=O) groups is 2. The van der Waals surface area contributed by atoms with Gasteiger partial charge in [0, 0.05) is 28.5 Å². The van der Waals surface area contributed by atoms with E-state index >= 15 is 0 Å². The Bertz CT molecular complexity index is 1070. The van der Waals surface area contributed by atoms with Crippen molar-refractivity contribution < 1.29 is 14.3 Å². The molecule has 0 aliphatic heterocycles. The predicted molar refractivity (Wildman–Crippen MR) is 142 cm³/mol. The molecule has 0 saturated heterocycles. The first kappa shape index (κ1) is 26.0. The van der Waals surface area contributed by atoms with Crippen molar-refractivity contribution in [3.05, 3.63) is 98.9 Å². The van der Waals surface area contributed by atoms with Gasteiger partial charge in [-0.25, -0.2) is 0 Å². The highest BCUT2D eigenvalue weighted by Gasteiger charge is 2.30. The van der Waals surface area contributed by atoms with Crippen LogP contribution in [-0.4, -0.2) is 35.9 Å². The second-order valence-electron chi connectivity index (χ2n) is 7.89. The van der Waals surface area contributed by atoms with Crippen LogP contribution in [0.15, 0.2) is 87.8 Å². The minimum absolute atomic E-state index is 0.165. The third kappa shape index (κ3) is 7.99. The van der Waals surface area contributed by atoms with E-state index in [2.05, 4.69) is 37.2 Å². The first-order valence-corrected chi connectivity index (χ1v) is 12.8. The second kappa shape index (κ2) is 13.3. The topological polar surface area (TPSA) is 58.6 Å². The Hall–Kier alpha value is -2.64. The fourth-order valence-electron chi connectivity index (χ4n) is 3.51. The summed E-state index contributed by atoms with van der Waals surface area (Å²) in [5.74, 6) is 0.169. The van der Waals surface area contributed by atoms with E-state index in [9.17, 15) is 9.59 Å². The molecule has 0 radical (unpaired) electrons. The van der Waals surface area contributed by atoms with Crippen molar-refractivity contribution in [2.75, 3.05) is 13.2 Å². The molecule has 1 atom stereocenters. The lowest BCUT2D eigenvalue weighted by Crippen LogP contribution is -2.51. The van der Waals surface area contributed by atoms with E-state index in [0.29, 0.717) is 25.3 Å². The van der Waals surface area contributed by atoms with Gasteiger partial charge in [-0.3, -0.25) is 9.59 Å². The molecule has 0 spiro atoms. The van der Waals surface area contributed by atoms with Gasteiger partial charge in [-0.2, -0.15) is 0 Å². The summed E-state index contributed by atoms with van der Waals surface area (Å²) in [4.78, 5) is 28.4. The van der Waals surface area contributed by atoms with Gasteiger partial charge in [0.15, 0.2) is 6.61 Å². The molecule has 178 valence electrons. The third-order valence-corrected chi connectivity index (χ3v) is 6.26. The molecule has 3 aromatic rings. The lowest BCUT2D eigenvalue weighted by Gasteiger charge is -2.31. The van der Waals surface area contributed by atoms with Crippen LogP contribution in [0.3, 0.4) is 0 Å². The third-order valence-electron chi connectivity index (χ3n) is 5.24. The zero-order chi connectivity index (χ0) is 24.3. The molecule has 0 aliphatic carbocycles. The molecule has 34 heavy (non-hydrogen) atoms. The van der Waals surface area contributed by atoms with Crippen LogP contribution in [0.5, 0.6) is 5.75 Å². The Morgan fingerprint density at radius 1 is 0.912 bits per heavy atom. The normalized spacial score (nSPS) is 11.5. The number of ether oxygens (including phenoxy) is 1. The first-order valence-electron chi connectivity index (χ1n) is 11.2. The molecule has 0 aromatic heterocycles. The maximum atomic E-state index is 13.5. The Balaban J connectivity index is 1.88. The molecule has 3 rings (SSSR count). The first-order chi connectivity index (χ1) is 16.5. The van der Waals surface area contributed by atoms with E-state index < -0.39 is 6.04 Å². The van der Waals surface area contributed by atoms with Crippen LogP contribution < -0.4 is 10.1 Å². The van der Waals surface area contributed by atoms with Gasteiger partial charge >= 0.3 is 0 Å². The molecule has 0 fully saturated rings. The predicted octanol–water partition coefficient (Wildman–Crippen LogP) is 5.76. The Kier molecular flexibility index (Phi) is 10.2. The van der Waals surface area contributed by atoms with Gasteiger partial charge in [0.1, 0.15) is 11.8 Å². The van der Waals surface area contributed by atoms with Crippen molar-refractivity contribution in [2.45, 2.75) is 32.4 Å². The SMILES string of the molecule is CCCNC(=O)[C@@H](Cc1ccccc1)N(Cc1cccc(Br)c1)C(=O)COc1ccc(Br)cc1. The quantitative estimate of drug-likeness (QED) is 0.310. The molecule has 3 aromatic carbocycles. The Labute approximate surface area is 217 Å². The van der Waals surface area contributed by atoms with Gasteiger partial charge in [-0.1, -0.05) is 81.2 Å². The Morgan fingerprint density at radius 2 is 1.62 bits per heavy atom. The summed E-state index contributed by atoms with van der Waals surface area (Å²) in [5.41, 5.74) is 1.91. The van der Waals surface area contributed by atoms with Crippen molar-refractivity contribution in [3.63, 3.8) is 0 Å². The summed E-state index contributed by atoms with van der Waals surface area (Å²) in [6.07, 6.45) is 1.23. The summed E-state index contributed by atoms with van der Waals surface area (Å²) in [7, 11) is 0. The lowest BCUT2D eigenvalue weighted by atomic mass is 10.0. The van der Waals surface area contributed by atoms with Crippen LogP contribution in [0.4, 0.5) is 0 Å². The van der Waals surface area contributed by atoms with E-state index in [1.54, 1.807) is 17.0 Å². The number of nitrogens with one attached hydrogen (secondary N) is 1. The number of nitrogens with zero attached hydrogens (tertiary/aromatic N) is 1. The molecule has 0 bridgehead atoms. The molecule has 0 aliphatic rings. The number of benzene rings is 3. The molecule has 0 heterocycles. The summed E-state index contributed by atoms with van der Waals surface area (Å²) >= 11 is 6.90. The van der Waals surface area contributed by atoms with Crippen molar-refractivity contribution in [1.29, 1.82) is 0 Å². The van der Waals surface area contributed by atoms with Gasteiger partial charge in [0.2, 0.25) is 5.91 Å². The van der Waals surface area contributed by atoms with Gasteiger partial charge in [0.05, 0.1) is 0 Å². The molecule has 0 saturated carbocycles. The van der Waals surface area contributed by atoms with Gasteiger partial charge in [0.25, 0.3) is 5.91 Å².